The number of ether oxygens (including phenoxy) is 2. The minimum absolute atomic E-state index is 0.0182. The molecular formula is C20H27N3O7. The van der Waals surface area contributed by atoms with Gasteiger partial charge in [0, 0.05) is 11.1 Å². The number of benzene rings is 1. The van der Waals surface area contributed by atoms with Crippen LogP contribution in [0.5, 0.6) is 0 Å². The van der Waals surface area contributed by atoms with Crippen LogP contribution >= 0.6 is 0 Å². The minimum atomic E-state index is -0.712. The van der Waals surface area contributed by atoms with Gasteiger partial charge in [0.2, 0.25) is 5.71 Å². The van der Waals surface area contributed by atoms with Gasteiger partial charge in [0.25, 0.3) is 0 Å². The summed E-state index contributed by atoms with van der Waals surface area (Å²) >= 11 is 0. The fourth-order valence-corrected chi connectivity index (χ4v) is 2.17. The van der Waals surface area contributed by atoms with Gasteiger partial charge in [0.15, 0.2) is 5.71 Å². The minimum Gasteiger partial charge on any atom is -0.464 e. The third-order valence-electron chi connectivity index (χ3n) is 3.37. The monoisotopic (exact) mass is 421 g/mol. The van der Waals surface area contributed by atoms with Crippen LogP contribution in [-0.4, -0.2) is 56.0 Å². The Hall–Kier alpha value is -3.43. The summed E-state index contributed by atoms with van der Waals surface area (Å²) in [6.07, 6.45) is 0. The Balaban J connectivity index is 3.05. The zero-order valence-corrected chi connectivity index (χ0v) is 18.2. The van der Waals surface area contributed by atoms with Crippen molar-refractivity contribution in [1.82, 2.24) is 0 Å². The molecule has 164 valence electrons. The maximum atomic E-state index is 12.3. The summed E-state index contributed by atoms with van der Waals surface area (Å²) in [7, 11) is 3.87. The lowest BCUT2D eigenvalue weighted by molar-refractivity contribution is -0.146. The SMILES string of the molecule is CON=C(C(=O)OC(C)(C)C)C(C)=NOCc1ccccc1C(=NOC)C(=O)OC. The van der Waals surface area contributed by atoms with E-state index in [1.54, 1.807) is 45.0 Å². The fourth-order valence-electron chi connectivity index (χ4n) is 2.17. The Morgan fingerprint density at radius 3 is 2.13 bits per heavy atom. The van der Waals surface area contributed by atoms with Crippen molar-refractivity contribution in [1.29, 1.82) is 0 Å². The third kappa shape index (κ3) is 7.53. The van der Waals surface area contributed by atoms with E-state index in [0.717, 1.165) is 0 Å². The standard InChI is InChI=1S/C20H27N3O7/c1-13(16(22-27-6)19(25)30-20(2,3)4)21-29-12-14-10-8-9-11-15(14)17(23-28-7)18(24)26-5/h8-11H,12H2,1-7H3. The van der Waals surface area contributed by atoms with Crippen molar-refractivity contribution < 1.29 is 33.6 Å². The van der Waals surface area contributed by atoms with Gasteiger partial charge in [-0.1, -0.05) is 39.7 Å². The van der Waals surface area contributed by atoms with Gasteiger partial charge in [-0.25, -0.2) is 9.59 Å². The molecule has 0 bridgehead atoms. The van der Waals surface area contributed by atoms with Gasteiger partial charge < -0.3 is 24.0 Å². The summed E-state index contributed by atoms with van der Waals surface area (Å²) in [5.74, 6) is -1.36. The molecule has 0 fully saturated rings. The normalized spacial score (nSPS) is 12.8. The molecule has 1 aromatic rings. The van der Waals surface area contributed by atoms with Crippen molar-refractivity contribution in [2.24, 2.45) is 15.5 Å². The topological polar surface area (TPSA) is 117 Å². The first-order chi connectivity index (χ1) is 14.1. The van der Waals surface area contributed by atoms with Gasteiger partial charge in [-0.3, -0.25) is 0 Å². The molecule has 0 radical (unpaired) electrons. The lowest BCUT2D eigenvalue weighted by Crippen LogP contribution is -2.32. The summed E-state index contributed by atoms with van der Waals surface area (Å²) in [5, 5.41) is 11.3. The molecule has 0 heterocycles. The highest BCUT2D eigenvalue weighted by molar-refractivity contribution is 6.65. The number of methoxy groups -OCH3 is 1. The molecule has 0 unspecified atom stereocenters. The first kappa shape index (κ1) is 24.6. The van der Waals surface area contributed by atoms with Crippen LogP contribution in [0.3, 0.4) is 0 Å². The van der Waals surface area contributed by atoms with Crippen LogP contribution in [0.2, 0.25) is 0 Å². The van der Waals surface area contributed by atoms with E-state index in [1.807, 2.05) is 0 Å². The molecule has 1 aromatic carbocycles. The van der Waals surface area contributed by atoms with E-state index in [0.29, 0.717) is 11.1 Å². The van der Waals surface area contributed by atoms with E-state index in [-0.39, 0.29) is 23.7 Å². The largest absolute Gasteiger partial charge is 0.464 e. The predicted molar refractivity (Wildman–Crippen MR) is 110 cm³/mol. The molecular weight excluding hydrogens is 394 g/mol. The number of oxime groups is 3. The van der Waals surface area contributed by atoms with E-state index >= 15 is 0 Å². The molecule has 0 aliphatic heterocycles. The van der Waals surface area contributed by atoms with E-state index in [4.69, 9.17) is 24.0 Å². The molecule has 0 atom stereocenters. The van der Waals surface area contributed by atoms with E-state index in [2.05, 4.69) is 15.5 Å². The van der Waals surface area contributed by atoms with Crippen molar-refractivity contribution in [3.63, 3.8) is 0 Å². The molecule has 0 amide bonds. The van der Waals surface area contributed by atoms with Crippen molar-refractivity contribution in [2.45, 2.75) is 39.9 Å². The number of hydrogen-bond acceptors (Lipinski definition) is 10. The van der Waals surface area contributed by atoms with E-state index in [9.17, 15) is 9.59 Å². The molecule has 10 nitrogen and oxygen atoms in total. The lowest BCUT2D eigenvalue weighted by atomic mass is 10.0. The Labute approximate surface area is 175 Å². The average molecular weight is 421 g/mol. The number of rotatable bonds is 9. The summed E-state index contributed by atoms with van der Waals surface area (Å²) < 4.78 is 10.0. The number of carbonyl (C=O) groups excluding carboxylic acids is 2. The fraction of sp³-hybridized carbons (Fsp3) is 0.450. The first-order valence-electron chi connectivity index (χ1n) is 8.93. The highest BCUT2D eigenvalue weighted by Crippen LogP contribution is 2.14. The molecule has 1 rings (SSSR count). The zero-order chi connectivity index (χ0) is 22.7. The molecule has 0 aliphatic carbocycles. The first-order valence-corrected chi connectivity index (χ1v) is 8.93. The van der Waals surface area contributed by atoms with Crippen LogP contribution in [0.1, 0.15) is 38.8 Å². The van der Waals surface area contributed by atoms with Gasteiger partial charge in [-0.05, 0) is 27.7 Å². The van der Waals surface area contributed by atoms with Crippen molar-refractivity contribution in [2.75, 3.05) is 21.3 Å². The Bertz CT molecular complexity index is 839. The lowest BCUT2D eigenvalue weighted by Gasteiger charge is -2.19. The smallest absolute Gasteiger partial charge is 0.362 e. The van der Waals surface area contributed by atoms with Crippen LogP contribution < -0.4 is 0 Å². The van der Waals surface area contributed by atoms with Crippen LogP contribution in [0.25, 0.3) is 0 Å². The highest BCUT2D eigenvalue weighted by atomic mass is 16.6. The van der Waals surface area contributed by atoms with E-state index < -0.39 is 17.5 Å². The Morgan fingerprint density at radius 1 is 0.933 bits per heavy atom. The van der Waals surface area contributed by atoms with Gasteiger partial charge >= 0.3 is 11.9 Å². The second-order valence-corrected chi connectivity index (χ2v) is 6.85. The molecule has 0 spiro atoms. The maximum absolute atomic E-state index is 12.3. The van der Waals surface area contributed by atoms with Crippen LogP contribution in [0, 0.1) is 0 Å². The summed E-state index contributed by atoms with van der Waals surface area (Å²) in [6.45, 7) is 6.70. The molecule has 30 heavy (non-hydrogen) atoms. The third-order valence-corrected chi connectivity index (χ3v) is 3.37. The highest BCUT2D eigenvalue weighted by Gasteiger charge is 2.25. The second-order valence-electron chi connectivity index (χ2n) is 6.85. The summed E-state index contributed by atoms with van der Waals surface area (Å²) in [6, 6.07) is 6.89. The van der Waals surface area contributed by atoms with Crippen molar-refractivity contribution >= 4 is 29.1 Å². The van der Waals surface area contributed by atoms with Gasteiger partial charge in [-0.15, -0.1) is 0 Å². The van der Waals surface area contributed by atoms with Gasteiger partial charge in [0.1, 0.15) is 32.1 Å². The van der Waals surface area contributed by atoms with Gasteiger partial charge in [0.05, 0.1) is 7.11 Å². The molecule has 0 aliphatic rings. The summed E-state index contributed by atoms with van der Waals surface area (Å²) in [5.41, 5.74) is 0.348. The molecule has 0 aromatic heterocycles. The maximum Gasteiger partial charge on any atom is 0.362 e. The van der Waals surface area contributed by atoms with Crippen molar-refractivity contribution in [3.8, 4) is 0 Å². The number of esters is 2. The zero-order valence-electron chi connectivity index (χ0n) is 18.2. The van der Waals surface area contributed by atoms with Crippen molar-refractivity contribution in [3.05, 3.63) is 35.4 Å². The molecule has 0 N–H and O–H groups in total. The number of carbonyl (C=O) groups is 2. The predicted octanol–water partition coefficient (Wildman–Crippen LogP) is 2.45. The number of nitrogens with zero attached hydrogens (tertiary/aromatic N) is 3. The quantitative estimate of drug-likeness (QED) is 0.341. The van der Waals surface area contributed by atoms with Gasteiger partial charge in [-0.2, -0.15) is 0 Å². The second kappa shape index (κ2) is 11.5. The number of hydrogen-bond donors (Lipinski definition) is 0. The Kier molecular flexibility index (Phi) is 9.47. The molecule has 10 heteroatoms. The van der Waals surface area contributed by atoms with Crippen LogP contribution in [-0.2, 0) is 40.2 Å². The van der Waals surface area contributed by atoms with E-state index in [1.165, 1.54) is 28.3 Å². The summed E-state index contributed by atoms with van der Waals surface area (Å²) in [4.78, 5) is 39.1. The Morgan fingerprint density at radius 2 is 1.57 bits per heavy atom. The molecule has 0 saturated heterocycles. The molecule has 0 saturated carbocycles. The average Bonchev–Trinajstić information content (AvgIpc) is 2.68. The van der Waals surface area contributed by atoms with Crippen LogP contribution in [0.15, 0.2) is 39.7 Å². The van der Waals surface area contributed by atoms with Crippen LogP contribution in [0.4, 0.5) is 0 Å².